The lowest BCUT2D eigenvalue weighted by Gasteiger charge is -2.22. The summed E-state index contributed by atoms with van der Waals surface area (Å²) >= 11 is 0. The summed E-state index contributed by atoms with van der Waals surface area (Å²) in [5.74, 6) is 7.20. The number of ether oxygens (including phenoxy) is 1. The van der Waals surface area contributed by atoms with Crippen molar-refractivity contribution in [1.82, 2.24) is 4.90 Å². The number of nitrogens with zero attached hydrogens (tertiary/aromatic N) is 1. The number of aryl methyl sites for hydroxylation is 1. The summed E-state index contributed by atoms with van der Waals surface area (Å²) in [4.78, 5) is 2.64. The van der Waals surface area contributed by atoms with Gasteiger partial charge in [0.05, 0.1) is 12.2 Å². The second kappa shape index (κ2) is 14.8. The van der Waals surface area contributed by atoms with Gasteiger partial charge in [-0.05, 0) is 70.1 Å². The van der Waals surface area contributed by atoms with Crippen molar-refractivity contribution >= 4 is 0 Å². The van der Waals surface area contributed by atoms with Crippen LogP contribution in [0.5, 0.6) is 5.75 Å². The zero-order chi connectivity index (χ0) is 25.9. The van der Waals surface area contributed by atoms with Crippen molar-refractivity contribution in [1.29, 1.82) is 0 Å². The molecule has 4 heteroatoms. The van der Waals surface area contributed by atoms with E-state index in [0.29, 0.717) is 12.8 Å². The molecule has 0 aromatic heterocycles. The Labute approximate surface area is 220 Å². The van der Waals surface area contributed by atoms with E-state index in [0.717, 1.165) is 12.2 Å². The number of unbranched alkanes of at least 4 members (excludes halogenated alkanes) is 3. The molecule has 0 unspecified atom stereocenters. The van der Waals surface area contributed by atoms with E-state index in [9.17, 15) is 10.2 Å². The summed E-state index contributed by atoms with van der Waals surface area (Å²) in [5.41, 5.74) is 2.54. The fraction of sp³-hybridized carbons (Fsp3) is 0.688. The molecular formula is C32H49NO3. The predicted molar refractivity (Wildman–Crippen MR) is 149 cm³/mol. The lowest BCUT2D eigenvalue weighted by Crippen LogP contribution is -2.27. The largest absolute Gasteiger partial charge is 0.489 e. The Hall–Kier alpha value is -1.80. The minimum Gasteiger partial charge on any atom is -0.489 e. The summed E-state index contributed by atoms with van der Waals surface area (Å²) in [5, 5.41) is 21.3. The molecule has 1 aliphatic carbocycles. The fourth-order valence-electron chi connectivity index (χ4n) is 5.73. The molecule has 200 valence electrons. The summed E-state index contributed by atoms with van der Waals surface area (Å²) in [6.45, 7) is 12.0. The molecule has 1 fully saturated rings. The van der Waals surface area contributed by atoms with Crippen LogP contribution >= 0.6 is 0 Å². The minimum atomic E-state index is -0.556. The summed E-state index contributed by atoms with van der Waals surface area (Å²) in [6.07, 6.45) is 12.7. The first-order valence-corrected chi connectivity index (χ1v) is 14.4. The molecule has 2 aliphatic rings. The highest BCUT2D eigenvalue weighted by Crippen LogP contribution is 2.52. The molecule has 6 atom stereocenters. The van der Waals surface area contributed by atoms with Gasteiger partial charge in [0.25, 0.3) is 0 Å². The van der Waals surface area contributed by atoms with Crippen LogP contribution in [0, 0.1) is 23.7 Å². The molecule has 1 aromatic rings. The van der Waals surface area contributed by atoms with Gasteiger partial charge >= 0.3 is 0 Å². The van der Waals surface area contributed by atoms with Crippen LogP contribution < -0.4 is 4.74 Å². The Morgan fingerprint density at radius 1 is 1.11 bits per heavy atom. The first-order valence-electron chi connectivity index (χ1n) is 14.4. The van der Waals surface area contributed by atoms with Crippen molar-refractivity contribution in [2.24, 2.45) is 11.8 Å². The number of rotatable bonds is 15. The van der Waals surface area contributed by atoms with Crippen LogP contribution in [-0.2, 0) is 6.42 Å². The highest BCUT2D eigenvalue weighted by molar-refractivity contribution is 5.49. The first kappa shape index (κ1) is 28.8. The Bertz CT molecular complexity index is 877. The first-order chi connectivity index (χ1) is 17.5. The molecule has 0 spiro atoms. The van der Waals surface area contributed by atoms with Crippen LogP contribution in [0.25, 0.3) is 0 Å². The number of hydrogen-bond acceptors (Lipinski definition) is 4. The number of hydrogen-bond donors (Lipinski definition) is 2. The maximum Gasteiger partial charge on any atom is 0.126 e. The predicted octanol–water partition coefficient (Wildman–Crippen LogP) is 6.10. The summed E-state index contributed by atoms with van der Waals surface area (Å²) < 4.78 is 6.47. The maximum atomic E-state index is 10.8. The van der Waals surface area contributed by atoms with E-state index < -0.39 is 12.2 Å². The van der Waals surface area contributed by atoms with E-state index in [2.05, 4.69) is 48.8 Å². The molecular weight excluding hydrogens is 446 g/mol. The number of para-hydroxylation sites is 1. The molecule has 1 aliphatic heterocycles. The maximum absolute atomic E-state index is 10.8. The third-order valence-corrected chi connectivity index (χ3v) is 8.03. The van der Waals surface area contributed by atoms with Crippen molar-refractivity contribution in [3.8, 4) is 17.6 Å². The van der Waals surface area contributed by atoms with Gasteiger partial charge in [-0.25, -0.2) is 0 Å². The van der Waals surface area contributed by atoms with Crippen molar-refractivity contribution in [2.75, 3.05) is 19.6 Å². The van der Waals surface area contributed by atoms with E-state index in [1.807, 2.05) is 26.0 Å². The molecule has 3 rings (SSSR count). The molecule has 2 N–H and O–H groups in total. The van der Waals surface area contributed by atoms with Gasteiger partial charge in [0, 0.05) is 30.2 Å². The van der Waals surface area contributed by atoms with Gasteiger partial charge in [-0.2, -0.15) is 0 Å². The number of benzene rings is 1. The lowest BCUT2D eigenvalue weighted by molar-refractivity contribution is 0.134. The molecule has 1 aromatic carbocycles. The average molecular weight is 496 g/mol. The van der Waals surface area contributed by atoms with Crippen molar-refractivity contribution in [2.45, 2.75) is 110 Å². The van der Waals surface area contributed by atoms with Crippen LogP contribution in [0.2, 0.25) is 0 Å². The van der Waals surface area contributed by atoms with Gasteiger partial charge in [0.1, 0.15) is 11.9 Å². The van der Waals surface area contributed by atoms with Crippen LogP contribution in [-0.4, -0.2) is 53.1 Å². The topological polar surface area (TPSA) is 52.9 Å². The Kier molecular flexibility index (Phi) is 11.8. The van der Waals surface area contributed by atoms with Gasteiger partial charge in [0.2, 0.25) is 0 Å². The van der Waals surface area contributed by atoms with E-state index in [1.165, 1.54) is 69.3 Å². The zero-order valence-electron chi connectivity index (χ0n) is 23.1. The molecule has 1 saturated carbocycles. The van der Waals surface area contributed by atoms with Gasteiger partial charge in [-0.15, -0.1) is 11.8 Å². The second-order valence-corrected chi connectivity index (χ2v) is 10.9. The fourth-order valence-corrected chi connectivity index (χ4v) is 5.73. The molecule has 36 heavy (non-hydrogen) atoms. The minimum absolute atomic E-state index is 0.0184. The van der Waals surface area contributed by atoms with Crippen molar-refractivity contribution < 1.29 is 14.9 Å². The van der Waals surface area contributed by atoms with Gasteiger partial charge in [-0.1, -0.05) is 64.0 Å². The van der Waals surface area contributed by atoms with Gasteiger partial charge in [-0.3, -0.25) is 0 Å². The molecule has 0 bridgehead atoms. The molecule has 4 nitrogen and oxygen atoms in total. The third kappa shape index (κ3) is 7.60. The van der Waals surface area contributed by atoms with Crippen molar-refractivity contribution in [3.63, 3.8) is 0 Å². The van der Waals surface area contributed by atoms with Crippen molar-refractivity contribution in [3.05, 3.63) is 41.5 Å². The molecule has 0 radical (unpaired) electrons. The van der Waals surface area contributed by atoms with Gasteiger partial charge < -0.3 is 19.8 Å². The third-order valence-electron chi connectivity index (χ3n) is 8.03. The Morgan fingerprint density at radius 2 is 1.83 bits per heavy atom. The standard InChI is InChI=1S/C32H49NO3/c1-5-8-14-24(4)28(34)19-18-26-29(35)23-30-31(26)27-17-13-16-25(32(27)36-30)15-11-12-22-33(20-9-6-2)21-10-7-3/h13,16-19,24,26,28-31,34-35H,6-7,9-12,14-15,20-23H2,1-4H3/t24-,26+,28-,29-,30+,31+/m1/s1. The highest BCUT2D eigenvalue weighted by atomic mass is 16.5. The molecule has 1 heterocycles. The van der Waals surface area contributed by atoms with Gasteiger partial charge in [0.15, 0.2) is 0 Å². The monoisotopic (exact) mass is 495 g/mol. The Morgan fingerprint density at radius 3 is 2.53 bits per heavy atom. The van der Waals surface area contributed by atoms with E-state index in [-0.39, 0.29) is 23.9 Å². The summed E-state index contributed by atoms with van der Waals surface area (Å²) in [7, 11) is 0. The number of aliphatic hydroxyl groups is 2. The average Bonchev–Trinajstić information content (AvgIpc) is 3.39. The van der Waals surface area contributed by atoms with E-state index >= 15 is 0 Å². The second-order valence-electron chi connectivity index (χ2n) is 10.9. The quantitative estimate of drug-likeness (QED) is 0.175. The summed E-state index contributed by atoms with van der Waals surface area (Å²) in [6, 6.07) is 6.54. The van der Waals surface area contributed by atoms with Crippen LogP contribution in [0.3, 0.4) is 0 Å². The molecule has 0 amide bonds. The van der Waals surface area contributed by atoms with E-state index in [4.69, 9.17) is 4.74 Å². The highest BCUT2D eigenvalue weighted by Gasteiger charge is 2.48. The SMILES string of the molecule is CC#CC[C@@H](C)[C@H](O)C=C[C@@H]1[C@H]2c3cccc(CCCCN(CCCC)CCCC)c3O[C@H]2C[C@H]1O. The lowest BCUT2D eigenvalue weighted by atomic mass is 9.86. The van der Waals surface area contributed by atoms with Crippen LogP contribution in [0.1, 0.15) is 96.1 Å². The smallest absolute Gasteiger partial charge is 0.126 e. The Balaban J connectivity index is 1.60. The normalized spacial score (nSPS) is 24.3. The van der Waals surface area contributed by atoms with Crippen LogP contribution in [0.15, 0.2) is 30.4 Å². The number of fused-ring (bicyclic) bond motifs is 3. The zero-order valence-corrected chi connectivity index (χ0v) is 23.1. The molecule has 0 saturated heterocycles. The number of aliphatic hydroxyl groups excluding tert-OH is 2. The van der Waals surface area contributed by atoms with Crippen LogP contribution in [0.4, 0.5) is 0 Å². The van der Waals surface area contributed by atoms with E-state index in [1.54, 1.807) is 0 Å².